The molecule has 0 aromatic heterocycles. The molecule has 0 saturated heterocycles. The van der Waals surface area contributed by atoms with Crippen LogP contribution in [-0.4, -0.2) is 12.4 Å². The van der Waals surface area contributed by atoms with Crippen LogP contribution in [0.2, 0.25) is 5.02 Å². The molecule has 0 N–H and O–H groups in total. The van der Waals surface area contributed by atoms with Gasteiger partial charge in [0.05, 0.1) is 0 Å². The molecular weight excluding hydrogens is 260 g/mol. The molecule has 0 radical (unpaired) electrons. The lowest BCUT2D eigenvalue weighted by atomic mass is 10.1. The van der Waals surface area contributed by atoms with E-state index in [1.165, 1.54) is 25.7 Å². The Bertz CT molecular complexity index is 377. The lowest BCUT2D eigenvalue weighted by Crippen LogP contribution is -2.10. The van der Waals surface area contributed by atoms with E-state index in [0.717, 1.165) is 12.8 Å². The van der Waals surface area contributed by atoms with Gasteiger partial charge in [0.25, 0.3) is 0 Å². The monoisotopic (exact) mass is 282 g/mol. The molecule has 0 heterocycles. The summed E-state index contributed by atoms with van der Waals surface area (Å²) in [6, 6.07) is 7.13. The van der Waals surface area contributed by atoms with E-state index in [9.17, 15) is 4.79 Å². The number of carbonyl (C=O) groups excluding carboxylic acids is 1. The second-order valence-corrected chi connectivity index (χ2v) is 5.24. The maximum Gasteiger partial charge on any atom is 0.170 e. The highest BCUT2D eigenvalue weighted by Crippen LogP contribution is 2.17. The van der Waals surface area contributed by atoms with Gasteiger partial charge < -0.3 is 4.74 Å². The number of carbonyl (C=O) groups is 1. The number of benzene rings is 1. The quantitative estimate of drug-likeness (QED) is 0.562. The zero-order chi connectivity index (χ0) is 13.9. The molecule has 0 aliphatic rings. The lowest BCUT2D eigenvalue weighted by Gasteiger charge is -2.05. The van der Waals surface area contributed by atoms with E-state index >= 15 is 0 Å². The molecule has 2 nitrogen and oxygen atoms in total. The zero-order valence-corrected chi connectivity index (χ0v) is 12.4. The van der Waals surface area contributed by atoms with Crippen LogP contribution in [0.5, 0.6) is 5.75 Å². The third-order valence-corrected chi connectivity index (χ3v) is 3.24. The fraction of sp³-hybridized carbons (Fsp3) is 0.562. The molecule has 19 heavy (non-hydrogen) atoms. The molecule has 0 fully saturated rings. The average Bonchev–Trinajstić information content (AvgIpc) is 2.40. The molecule has 0 saturated carbocycles. The van der Waals surface area contributed by atoms with Crippen molar-refractivity contribution < 1.29 is 9.53 Å². The summed E-state index contributed by atoms with van der Waals surface area (Å²) in [5, 5.41) is 0.626. The molecule has 0 aliphatic heterocycles. The molecule has 0 amide bonds. The van der Waals surface area contributed by atoms with Crippen molar-refractivity contribution in [3.8, 4) is 5.75 Å². The Kier molecular flexibility index (Phi) is 8.31. The summed E-state index contributed by atoms with van der Waals surface area (Å²) in [7, 11) is 0. The highest BCUT2D eigenvalue weighted by molar-refractivity contribution is 6.30. The molecule has 3 heteroatoms. The summed E-state index contributed by atoms with van der Waals surface area (Å²) in [4.78, 5) is 11.6. The number of halogens is 1. The first kappa shape index (κ1) is 16.0. The molecule has 0 unspecified atom stereocenters. The standard InChI is InChI=1S/C16H23ClO2/c1-2-3-4-5-6-7-10-15(18)13-19-16-11-8-9-14(17)12-16/h8-9,11-12H,2-7,10,13H2,1H3. The van der Waals surface area contributed by atoms with Crippen molar-refractivity contribution in [2.75, 3.05) is 6.61 Å². The van der Waals surface area contributed by atoms with E-state index in [4.69, 9.17) is 16.3 Å². The molecule has 0 spiro atoms. The van der Waals surface area contributed by atoms with Crippen molar-refractivity contribution in [2.45, 2.75) is 51.9 Å². The first-order valence-corrected chi connectivity index (χ1v) is 7.50. The van der Waals surface area contributed by atoms with Gasteiger partial charge >= 0.3 is 0 Å². The summed E-state index contributed by atoms with van der Waals surface area (Å²) in [6.45, 7) is 2.35. The average molecular weight is 283 g/mol. The van der Waals surface area contributed by atoms with E-state index in [-0.39, 0.29) is 12.4 Å². The first-order valence-electron chi connectivity index (χ1n) is 7.12. The largest absolute Gasteiger partial charge is 0.486 e. The summed E-state index contributed by atoms with van der Waals surface area (Å²) in [5.74, 6) is 0.819. The molecule has 0 atom stereocenters. The van der Waals surface area contributed by atoms with Crippen molar-refractivity contribution in [1.82, 2.24) is 0 Å². The highest BCUT2D eigenvalue weighted by atomic mass is 35.5. The van der Waals surface area contributed by atoms with Crippen LogP contribution >= 0.6 is 11.6 Å². The van der Waals surface area contributed by atoms with Crippen molar-refractivity contribution in [3.63, 3.8) is 0 Å². The Labute approximate surface area is 121 Å². The highest BCUT2D eigenvalue weighted by Gasteiger charge is 2.03. The molecular formula is C16H23ClO2. The van der Waals surface area contributed by atoms with E-state index in [0.29, 0.717) is 17.2 Å². The van der Waals surface area contributed by atoms with E-state index in [1.54, 1.807) is 12.1 Å². The summed E-state index contributed by atoms with van der Waals surface area (Å²) in [6.07, 6.45) is 7.80. The summed E-state index contributed by atoms with van der Waals surface area (Å²) in [5.41, 5.74) is 0. The van der Waals surface area contributed by atoms with Gasteiger partial charge in [0.1, 0.15) is 12.4 Å². The third-order valence-electron chi connectivity index (χ3n) is 3.01. The van der Waals surface area contributed by atoms with Gasteiger partial charge in [-0.1, -0.05) is 56.7 Å². The minimum Gasteiger partial charge on any atom is -0.486 e. The number of Topliss-reactive ketones (excluding diaryl/α,β-unsaturated/α-hetero) is 1. The topological polar surface area (TPSA) is 26.3 Å². The second kappa shape index (κ2) is 9.85. The Morgan fingerprint density at radius 2 is 1.89 bits per heavy atom. The van der Waals surface area contributed by atoms with Crippen LogP contribution < -0.4 is 4.74 Å². The molecule has 106 valence electrons. The van der Waals surface area contributed by atoms with Gasteiger partial charge in [-0.05, 0) is 24.6 Å². The van der Waals surface area contributed by atoms with Gasteiger partial charge in [0, 0.05) is 11.4 Å². The van der Waals surface area contributed by atoms with E-state index in [2.05, 4.69) is 6.92 Å². The zero-order valence-electron chi connectivity index (χ0n) is 11.7. The van der Waals surface area contributed by atoms with Crippen LogP contribution in [0.25, 0.3) is 0 Å². The van der Waals surface area contributed by atoms with Gasteiger partial charge in [0.15, 0.2) is 5.78 Å². The minimum absolute atomic E-state index is 0.148. The Hall–Kier alpha value is -1.02. The number of unbranched alkanes of at least 4 members (excludes halogenated alkanes) is 5. The van der Waals surface area contributed by atoms with Gasteiger partial charge in [-0.3, -0.25) is 4.79 Å². The fourth-order valence-electron chi connectivity index (χ4n) is 1.90. The Morgan fingerprint density at radius 3 is 2.63 bits per heavy atom. The maximum absolute atomic E-state index is 11.6. The van der Waals surface area contributed by atoms with Gasteiger partial charge in [-0.2, -0.15) is 0 Å². The second-order valence-electron chi connectivity index (χ2n) is 4.80. The van der Waals surface area contributed by atoms with Crippen LogP contribution in [-0.2, 0) is 4.79 Å². The summed E-state index contributed by atoms with van der Waals surface area (Å²) >= 11 is 5.84. The molecule has 0 bridgehead atoms. The van der Waals surface area contributed by atoms with Crippen LogP contribution in [0.1, 0.15) is 51.9 Å². The molecule has 1 rings (SSSR count). The minimum atomic E-state index is 0.148. The lowest BCUT2D eigenvalue weighted by molar-refractivity contribution is -0.121. The van der Waals surface area contributed by atoms with Crippen LogP contribution in [0, 0.1) is 0 Å². The number of hydrogen-bond acceptors (Lipinski definition) is 2. The summed E-state index contributed by atoms with van der Waals surface area (Å²) < 4.78 is 5.41. The normalized spacial score (nSPS) is 10.4. The fourth-order valence-corrected chi connectivity index (χ4v) is 2.08. The van der Waals surface area contributed by atoms with Crippen LogP contribution in [0.15, 0.2) is 24.3 Å². The van der Waals surface area contributed by atoms with Gasteiger partial charge in [-0.15, -0.1) is 0 Å². The van der Waals surface area contributed by atoms with Crippen molar-refractivity contribution in [2.24, 2.45) is 0 Å². The number of rotatable bonds is 10. The molecule has 1 aromatic carbocycles. The Morgan fingerprint density at radius 1 is 1.16 bits per heavy atom. The maximum atomic E-state index is 11.6. The smallest absolute Gasteiger partial charge is 0.170 e. The third kappa shape index (κ3) is 7.89. The molecule has 1 aromatic rings. The van der Waals surface area contributed by atoms with Gasteiger partial charge in [0.2, 0.25) is 0 Å². The van der Waals surface area contributed by atoms with Gasteiger partial charge in [-0.25, -0.2) is 0 Å². The number of ketones is 1. The predicted molar refractivity (Wildman–Crippen MR) is 79.9 cm³/mol. The van der Waals surface area contributed by atoms with Crippen molar-refractivity contribution >= 4 is 17.4 Å². The van der Waals surface area contributed by atoms with E-state index in [1.807, 2.05) is 12.1 Å². The SMILES string of the molecule is CCCCCCCCC(=O)COc1cccc(Cl)c1. The number of hydrogen-bond donors (Lipinski definition) is 0. The van der Waals surface area contributed by atoms with Crippen LogP contribution in [0.3, 0.4) is 0 Å². The van der Waals surface area contributed by atoms with Crippen LogP contribution in [0.4, 0.5) is 0 Å². The molecule has 0 aliphatic carbocycles. The first-order chi connectivity index (χ1) is 9.22. The van der Waals surface area contributed by atoms with Crippen molar-refractivity contribution in [3.05, 3.63) is 29.3 Å². The van der Waals surface area contributed by atoms with Crippen molar-refractivity contribution in [1.29, 1.82) is 0 Å². The van der Waals surface area contributed by atoms with E-state index < -0.39 is 0 Å². The Balaban J connectivity index is 2.08. The predicted octanol–water partition coefficient (Wildman–Crippen LogP) is 5.04. The number of ether oxygens (including phenoxy) is 1.